The Labute approximate surface area is 140 Å². The van der Waals surface area contributed by atoms with Crippen LogP contribution in [0.4, 0.5) is 5.69 Å². The van der Waals surface area contributed by atoms with Crippen LogP contribution in [-0.4, -0.2) is 12.7 Å². The van der Waals surface area contributed by atoms with Gasteiger partial charge in [-0.3, -0.25) is 4.79 Å². The molecule has 0 bridgehead atoms. The minimum Gasteiger partial charge on any atom is -0.454 e. The van der Waals surface area contributed by atoms with E-state index in [-0.39, 0.29) is 12.4 Å². The molecular formula is C19H16N2O3. The molecule has 2 aromatic carbocycles. The van der Waals surface area contributed by atoms with Gasteiger partial charge in [0.05, 0.1) is 0 Å². The largest absolute Gasteiger partial charge is 0.454 e. The summed E-state index contributed by atoms with van der Waals surface area (Å²) in [6.07, 6.45) is 1.59. The summed E-state index contributed by atoms with van der Waals surface area (Å²) in [6.45, 7) is 4.12. The molecule has 1 aliphatic heterocycles. The van der Waals surface area contributed by atoms with E-state index < -0.39 is 5.91 Å². The highest BCUT2D eigenvalue weighted by atomic mass is 16.7. The molecule has 24 heavy (non-hydrogen) atoms. The molecular weight excluding hydrogens is 304 g/mol. The Balaban J connectivity index is 1.82. The third kappa shape index (κ3) is 3.23. The summed E-state index contributed by atoms with van der Waals surface area (Å²) >= 11 is 0. The van der Waals surface area contributed by atoms with Crippen molar-refractivity contribution in [3.05, 3.63) is 58.7 Å². The fraction of sp³-hybridized carbons (Fsp3) is 0.158. The van der Waals surface area contributed by atoms with E-state index in [1.807, 2.05) is 38.1 Å². The van der Waals surface area contributed by atoms with Crippen LogP contribution in [0.1, 0.15) is 16.7 Å². The number of hydrogen-bond donors (Lipinski definition) is 1. The third-order valence-corrected chi connectivity index (χ3v) is 3.72. The second-order valence-electron chi connectivity index (χ2n) is 5.55. The van der Waals surface area contributed by atoms with E-state index in [9.17, 15) is 10.1 Å². The number of amides is 1. The first-order valence-corrected chi connectivity index (χ1v) is 7.47. The molecule has 0 radical (unpaired) electrons. The van der Waals surface area contributed by atoms with Crippen molar-refractivity contribution < 1.29 is 14.3 Å². The zero-order valence-electron chi connectivity index (χ0n) is 13.4. The fourth-order valence-corrected chi connectivity index (χ4v) is 2.46. The molecule has 1 heterocycles. The smallest absolute Gasteiger partial charge is 0.266 e. The summed E-state index contributed by atoms with van der Waals surface area (Å²) in [7, 11) is 0. The number of carbonyl (C=O) groups is 1. The van der Waals surface area contributed by atoms with Gasteiger partial charge in [-0.2, -0.15) is 5.26 Å². The molecule has 120 valence electrons. The van der Waals surface area contributed by atoms with Gasteiger partial charge in [0, 0.05) is 11.8 Å². The van der Waals surface area contributed by atoms with Crippen molar-refractivity contribution in [2.75, 3.05) is 12.1 Å². The van der Waals surface area contributed by atoms with Crippen LogP contribution in [0, 0.1) is 25.2 Å². The van der Waals surface area contributed by atoms with E-state index in [2.05, 4.69) is 5.32 Å². The van der Waals surface area contributed by atoms with Gasteiger partial charge in [-0.1, -0.05) is 23.8 Å². The van der Waals surface area contributed by atoms with Crippen molar-refractivity contribution in [3.8, 4) is 17.6 Å². The average Bonchev–Trinajstić information content (AvgIpc) is 3.01. The van der Waals surface area contributed by atoms with E-state index in [1.165, 1.54) is 0 Å². The number of nitriles is 1. The van der Waals surface area contributed by atoms with Gasteiger partial charge in [0.15, 0.2) is 11.5 Å². The molecule has 1 N–H and O–H groups in total. The van der Waals surface area contributed by atoms with E-state index in [0.717, 1.165) is 16.7 Å². The monoisotopic (exact) mass is 320 g/mol. The van der Waals surface area contributed by atoms with E-state index in [1.54, 1.807) is 24.3 Å². The van der Waals surface area contributed by atoms with Crippen LogP contribution in [0.2, 0.25) is 0 Å². The van der Waals surface area contributed by atoms with Gasteiger partial charge in [-0.15, -0.1) is 0 Å². The highest BCUT2D eigenvalue weighted by molar-refractivity contribution is 6.09. The summed E-state index contributed by atoms with van der Waals surface area (Å²) < 4.78 is 10.5. The number of rotatable bonds is 3. The first-order valence-electron chi connectivity index (χ1n) is 7.47. The number of benzene rings is 2. The van der Waals surface area contributed by atoms with Crippen LogP contribution in [0.5, 0.6) is 11.5 Å². The molecule has 0 aliphatic carbocycles. The molecule has 0 atom stereocenters. The second kappa shape index (κ2) is 6.47. The quantitative estimate of drug-likeness (QED) is 0.693. The minimum absolute atomic E-state index is 0.0413. The lowest BCUT2D eigenvalue weighted by molar-refractivity contribution is -0.112. The Morgan fingerprint density at radius 1 is 1.17 bits per heavy atom. The SMILES string of the molecule is Cc1ccc(/C=C(\C#N)C(=O)Nc2ccc3c(c2)OCO3)c(C)c1. The topological polar surface area (TPSA) is 71.4 Å². The third-order valence-electron chi connectivity index (χ3n) is 3.72. The van der Waals surface area contributed by atoms with Crippen LogP contribution in [0.15, 0.2) is 42.0 Å². The van der Waals surface area contributed by atoms with Crippen molar-refractivity contribution in [3.63, 3.8) is 0 Å². The summed E-state index contributed by atoms with van der Waals surface area (Å²) in [6, 6.07) is 12.9. The molecule has 5 heteroatoms. The highest BCUT2D eigenvalue weighted by Gasteiger charge is 2.15. The molecule has 0 saturated carbocycles. The van der Waals surface area contributed by atoms with Gasteiger partial charge in [0.1, 0.15) is 11.6 Å². The van der Waals surface area contributed by atoms with Crippen LogP contribution in [0.3, 0.4) is 0 Å². The van der Waals surface area contributed by atoms with Gasteiger partial charge in [0.25, 0.3) is 5.91 Å². The predicted molar refractivity (Wildman–Crippen MR) is 90.7 cm³/mol. The van der Waals surface area contributed by atoms with E-state index in [4.69, 9.17) is 9.47 Å². The molecule has 2 aromatic rings. The second-order valence-corrected chi connectivity index (χ2v) is 5.55. The molecule has 5 nitrogen and oxygen atoms in total. The first kappa shape index (κ1) is 15.6. The number of aryl methyl sites for hydroxylation is 2. The normalized spacial score (nSPS) is 12.6. The zero-order chi connectivity index (χ0) is 17.1. The van der Waals surface area contributed by atoms with E-state index in [0.29, 0.717) is 17.2 Å². The summed E-state index contributed by atoms with van der Waals surface area (Å²) in [5.74, 6) is 0.750. The average molecular weight is 320 g/mol. The molecule has 0 fully saturated rings. The lowest BCUT2D eigenvalue weighted by Gasteiger charge is -2.06. The first-order chi connectivity index (χ1) is 11.6. The Bertz CT molecular complexity index is 879. The van der Waals surface area contributed by atoms with Crippen LogP contribution in [0.25, 0.3) is 6.08 Å². The van der Waals surface area contributed by atoms with Gasteiger partial charge in [0.2, 0.25) is 6.79 Å². The number of nitrogens with one attached hydrogen (secondary N) is 1. The summed E-state index contributed by atoms with van der Waals surface area (Å²) in [4.78, 5) is 12.4. The van der Waals surface area contributed by atoms with Gasteiger partial charge in [-0.25, -0.2) is 0 Å². The maximum Gasteiger partial charge on any atom is 0.266 e. The Morgan fingerprint density at radius 2 is 1.96 bits per heavy atom. The maximum absolute atomic E-state index is 12.4. The zero-order valence-corrected chi connectivity index (χ0v) is 13.4. The van der Waals surface area contributed by atoms with Crippen molar-refractivity contribution >= 4 is 17.7 Å². The van der Waals surface area contributed by atoms with Crippen molar-refractivity contribution in [2.45, 2.75) is 13.8 Å². The van der Waals surface area contributed by atoms with Gasteiger partial charge in [-0.05, 0) is 43.2 Å². The highest BCUT2D eigenvalue weighted by Crippen LogP contribution is 2.34. The number of carbonyl (C=O) groups excluding carboxylic acids is 1. The van der Waals surface area contributed by atoms with Crippen molar-refractivity contribution in [2.24, 2.45) is 0 Å². The molecule has 1 aliphatic rings. The molecule has 0 saturated heterocycles. The van der Waals surface area contributed by atoms with E-state index >= 15 is 0 Å². The maximum atomic E-state index is 12.4. The van der Waals surface area contributed by atoms with Crippen molar-refractivity contribution in [1.29, 1.82) is 5.26 Å². The fourth-order valence-electron chi connectivity index (χ4n) is 2.46. The number of nitrogens with zero attached hydrogens (tertiary/aromatic N) is 1. The number of ether oxygens (including phenoxy) is 2. The molecule has 0 aromatic heterocycles. The lowest BCUT2D eigenvalue weighted by atomic mass is 10.0. The number of hydrogen-bond acceptors (Lipinski definition) is 4. The molecule has 3 rings (SSSR count). The molecule has 0 spiro atoms. The number of anilines is 1. The summed E-state index contributed by atoms with van der Waals surface area (Å²) in [5, 5.41) is 12.0. The van der Waals surface area contributed by atoms with Crippen LogP contribution < -0.4 is 14.8 Å². The van der Waals surface area contributed by atoms with Gasteiger partial charge >= 0.3 is 0 Å². The molecule has 1 amide bonds. The number of fused-ring (bicyclic) bond motifs is 1. The summed E-state index contributed by atoms with van der Waals surface area (Å²) in [5.41, 5.74) is 3.58. The molecule has 0 unspecified atom stereocenters. The predicted octanol–water partition coefficient (Wildman–Crippen LogP) is 3.58. The Morgan fingerprint density at radius 3 is 2.71 bits per heavy atom. The Hall–Kier alpha value is -3.26. The Kier molecular flexibility index (Phi) is 4.21. The van der Waals surface area contributed by atoms with Crippen molar-refractivity contribution in [1.82, 2.24) is 0 Å². The standard InChI is InChI=1S/C19H16N2O3/c1-12-3-4-14(13(2)7-12)8-15(10-20)19(22)21-16-5-6-17-18(9-16)24-11-23-17/h3-9H,11H2,1-2H3,(H,21,22)/b15-8+. The van der Waals surface area contributed by atoms with Crippen LogP contribution in [-0.2, 0) is 4.79 Å². The minimum atomic E-state index is -0.462. The lowest BCUT2D eigenvalue weighted by Crippen LogP contribution is -2.13. The van der Waals surface area contributed by atoms with Crippen LogP contribution >= 0.6 is 0 Å². The van der Waals surface area contributed by atoms with Gasteiger partial charge < -0.3 is 14.8 Å².